The third kappa shape index (κ3) is 3.77. The van der Waals surface area contributed by atoms with Crippen LogP contribution in [-0.2, 0) is 19.9 Å². The predicted octanol–water partition coefficient (Wildman–Crippen LogP) is 1.63. The van der Waals surface area contributed by atoms with E-state index in [1.54, 1.807) is 45.0 Å². The van der Waals surface area contributed by atoms with Crippen molar-refractivity contribution >= 4 is 35.5 Å². The van der Waals surface area contributed by atoms with Crippen molar-refractivity contribution in [3.05, 3.63) is 46.1 Å². The highest BCUT2D eigenvalue weighted by Crippen LogP contribution is 2.30. The number of urea groups is 2. The Morgan fingerprint density at radius 1 is 1.24 bits per heavy atom. The maximum atomic E-state index is 13.1. The second-order valence-corrected chi connectivity index (χ2v) is 7.32. The fraction of sp³-hybridized carbons (Fsp3) is 0.368. The molecule has 1 aromatic rings. The van der Waals surface area contributed by atoms with Gasteiger partial charge in [-0.25, -0.2) is 14.4 Å². The zero-order chi connectivity index (χ0) is 21.3. The highest BCUT2D eigenvalue weighted by Gasteiger charge is 2.49. The van der Waals surface area contributed by atoms with Crippen LogP contribution < -0.4 is 16.0 Å². The first-order chi connectivity index (χ1) is 13.7. The summed E-state index contributed by atoms with van der Waals surface area (Å²) in [4.78, 5) is 50.9. The van der Waals surface area contributed by atoms with Crippen LogP contribution >= 0.6 is 11.6 Å². The molecule has 2 atom stereocenters. The number of amides is 5. The third-order valence-corrected chi connectivity index (χ3v) is 5.13. The van der Waals surface area contributed by atoms with Gasteiger partial charge in [0.15, 0.2) is 0 Å². The fourth-order valence-corrected chi connectivity index (χ4v) is 3.51. The molecule has 5 amide bonds. The van der Waals surface area contributed by atoms with Gasteiger partial charge in [-0.2, -0.15) is 0 Å². The standard InChI is InChI=1S/C19H21ClN4O5/c1-4-29-15(25)14-10(2)21-17(27)22-13(14)9-24-16(26)19(3,23-18(24)28)11-5-7-12(20)8-6-11/h5-8,10H,4,9H2,1-3H3,(H,23,28)(H2,21,22,27). The molecule has 0 spiro atoms. The van der Waals surface area contributed by atoms with Gasteiger partial charge in [0, 0.05) is 5.02 Å². The first-order valence-corrected chi connectivity index (χ1v) is 9.43. The molecule has 9 nitrogen and oxygen atoms in total. The molecule has 0 bridgehead atoms. The summed E-state index contributed by atoms with van der Waals surface area (Å²) in [6.45, 7) is 4.73. The van der Waals surface area contributed by atoms with E-state index in [0.29, 0.717) is 10.6 Å². The zero-order valence-electron chi connectivity index (χ0n) is 16.2. The Labute approximate surface area is 172 Å². The van der Waals surface area contributed by atoms with Crippen molar-refractivity contribution in [3.63, 3.8) is 0 Å². The maximum absolute atomic E-state index is 13.1. The highest BCUT2D eigenvalue weighted by molar-refractivity contribution is 6.30. The largest absolute Gasteiger partial charge is 0.463 e. The molecule has 2 heterocycles. The Morgan fingerprint density at radius 2 is 1.90 bits per heavy atom. The van der Waals surface area contributed by atoms with Crippen molar-refractivity contribution in [1.29, 1.82) is 0 Å². The number of ether oxygens (including phenoxy) is 1. The van der Waals surface area contributed by atoms with E-state index in [1.807, 2.05) is 0 Å². The topological polar surface area (TPSA) is 117 Å². The van der Waals surface area contributed by atoms with Crippen LogP contribution in [0.1, 0.15) is 26.3 Å². The number of carbonyl (C=O) groups is 4. The Bertz CT molecular complexity index is 914. The molecule has 0 saturated carbocycles. The summed E-state index contributed by atoms with van der Waals surface area (Å²) in [6, 6.07) is 4.75. The zero-order valence-corrected chi connectivity index (χ0v) is 16.9. The van der Waals surface area contributed by atoms with Crippen LogP contribution in [0.2, 0.25) is 5.02 Å². The van der Waals surface area contributed by atoms with Gasteiger partial charge in [0.1, 0.15) is 5.54 Å². The van der Waals surface area contributed by atoms with Crippen molar-refractivity contribution < 1.29 is 23.9 Å². The van der Waals surface area contributed by atoms with Crippen LogP contribution in [-0.4, -0.2) is 48.0 Å². The van der Waals surface area contributed by atoms with Crippen molar-refractivity contribution in [3.8, 4) is 0 Å². The van der Waals surface area contributed by atoms with E-state index < -0.39 is 35.5 Å². The molecule has 2 unspecified atom stereocenters. The molecule has 29 heavy (non-hydrogen) atoms. The Balaban J connectivity index is 1.93. The van der Waals surface area contributed by atoms with Crippen LogP contribution in [0.4, 0.5) is 9.59 Å². The molecule has 154 valence electrons. The summed E-state index contributed by atoms with van der Waals surface area (Å²) in [7, 11) is 0. The molecular weight excluding hydrogens is 400 g/mol. The summed E-state index contributed by atoms with van der Waals surface area (Å²) < 4.78 is 5.05. The maximum Gasteiger partial charge on any atom is 0.337 e. The summed E-state index contributed by atoms with van der Waals surface area (Å²) in [5, 5.41) is 8.26. The van der Waals surface area contributed by atoms with E-state index in [4.69, 9.17) is 16.3 Å². The molecule has 2 aliphatic heterocycles. The van der Waals surface area contributed by atoms with Gasteiger partial charge in [0.2, 0.25) is 0 Å². The van der Waals surface area contributed by atoms with Crippen LogP contribution in [0.5, 0.6) is 0 Å². The smallest absolute Gasteiger partial charge is 0.337 e. The molecule has 1 aromatic carbocycles. The first-order valence-electron chi connectivity index (χ1n) is 9.05. The number of nitrogens with one attached hydrogen (secondary N) is 3. The highest BCUT2D eigenvalue weighted by atomic mass is 35.5. The molecule has 0 aromatic heterocycles. The molecule has 2 aliphatic rings. The number of rotatable bonds is 5. The molecule has 10 heteroatoms. The lowest BCUT2D eigenvalue weighted by Crippen LogP contribution is -2.52. The van der Waals surface area contributed by atoms with E-state index in [9.17, 15) is 19.2 Å². The van der Waals surface area contributed by atoms with Crippen LogP contribution in [0.15, 0.2) is 35.5 Å². The Morgan fingerprint density at radius 3 is 2.52 bits per heavy atom. The molecule has 1 fully saturated rings. The minimum Gasteiger partial charge on any atom is -0.463 e. The molecule has 3 N–H and O–H groups in total. The average molecular weight is 421 g/mol. The molecule has 3 rings (SSSR count). The van der Waals surface area contributed by atoms with Gasteiger partial charge < -0.3 is 20.7 Å². The van der Waals surface area contributed by atoms with Gasteiger partial charge >= 0.3 is 18.0 Å². The number of esters is 1. The number of benzene rings is 1. The number of carbonyl (C=O) groups excluding carboxylic acids is 4. The monoisotopic (exact) mass is 420 g/mol. The normalized spacial score (nSPS) is 24.2. The van der Waals surface area contributed by atoms with E-state index >= 15 is 0 Å². The van der Waals surface area contributed by atoms with E-state index in [2.05, 4.69) is 16.0 Å². The van der Waals surface area contributed by atoms with Crippen LogP contribution in [0.3, 0.4) is 0 Å². The summed E-state index contributed by atoms with van der Waals surface area (Å²) >= 11 is 5.91. The minimum absolute atomic E-state index is 0.142. The SMILES string of the molecule is CCOC(=O)C1=C(CN2C(=O)NC(C)(c3ccc(Cl)cc3)C2=O)NC(=O)NC1C. The lowest BCUT2D eigenvalue weighted by molar-refractivity contribution is -0.139. The quantitative estimate of drug-likeness (QED) is 0.494. The second kappa shape index (κ2) is 7.75. The predicted molar refractivity (Wildman–Crippen MR) is 104 cm³/mol. The van der Waals surface area contributed by atoms with Crippen LogP contribution in [0.25, 0.3) is 0 Å². The van der Waals surface area contributed by atoms with Crippen molar-refractivity contribution in [1.82, 2.24) is 20.9 Å². The van der Waals surface area contributed by atoms with Gasteiger partial charge in [0.25, 0.3) is 5.91 Å². The summed E-state index contributed by atoms with van der Waals surface area (Å²) in [5.41, 5.74) is -0.435. The first kappa shape index (κ1) is 20.7. The van der Waals surface area contributed by atoms with Crippen molar-refractivity contribution in [2.45, 2.75) is 32.4 Å². The summed E-state index contributed by atoms with van der Waals surface area (Å²) in [6.07, 6.45) is 0. The third-order valence-electron chi connectivity index (χ3n) is 4.88. The van der Waals surface area contributed by atoms with Gasteiger partial charge in [-0.1, -0.05) is 23.7 Å². The number of halogens is 1. The number of hydrogen-bond donors (Lipinski definition) is 3. The van der Waals surface area contributed by atoms with E-state index in [-0.39, 0.29) is 24.4 Å². The summed E-state index contributed by atoms with van der Waals surface area (Å²) in [5.74, 6) is -1.14. The lowest BCUT2D eigenvalue weighted by Gasteiger charge is -2.28. The van der Waals surface area contributed by atoms with E-state index in [1.165, 1.54) is 0 Å². The minimum atomic E-state index is -1.30. The van der Waals surface area contributed by atoms with Gasteiger partial charge in [0.05, 0.1) is 30.5 Å². The fourth-order valence-electron chi connectivity index (χ4n) is 3.38. The molecule has 0 aliphatic carbocycles. The van der Waals surface area contributed by atoms with Gasteiger partial charge in [-0.3, -0.25) is 9.69 Å². The van der Waals surface area contributed by atoms with E-state index in [0.717, 1.165) is 4.90 Å². The molecular formula is C19H21ClN4O5. The lowest BCUT2D eigenvalue weighted by atomic mass is 9.92. The van der Waals surface area contributed by atoms with Gasteiger partial charge in [-0.05, 0) is 38.5 Å². The van der Waals surface area contributed by atoms with Crippen molar-refractivity contribution in [2.24, 2.45) is 0 Å². The van der Waals surface area contributed by atoms with Crippen molar-refractivity contribution in [2.75, 3.05) is 13.2 Å². The molecule has 0 radical (unpaired) electrons. The average Bonchev–Trinajstić information content (AvgIpc) is 2.86. The second-order valence-electron chi connectivity index (χ2n) is 6.89. The van der Waals surface area contributed by atoms with Gasteiger partial charge in [-0.15, -0.1) is 0 Å². The Hall–Kier alpha value is -3.07. The van der Waals surface area contributed by atoms with Crippen LogP contribution in [0, 0.1) is 0 Å². The Kier molecular flexibility index (Phi) is 5.52. The number of hydrogen-bond acceptors (Lipinski definition) is 5. The number of nitrogens with zero attached hydrogens (tertiary/aromatic N) is 1. The number of imide groups is 1. The molecule has 1 saturated heterocycles.